The molecule has 1 heterocycles. The van der Waals surface area contributed by atoms with Crippen LogP contribution in [0.25, 0.3) is 0 Å². The van der Waals surface area contributed by atoms with Gasteiger partial charge in [0.15, 0.2) is 6.10 Å². The lowest BCUT2D eigenvalue weighted by molar-refractivity contribution is -0.157. The molecule has 168 valence electrons. The van der Waals surface area contributed by atoms with Crippen LogP contribution in [0.15, 0.2) is 30.3 Å². The van der Waals surface area contributed by atoms with Gasteiger partial charge in [-0.2, -0.15) is 0 Å². The third kappa shape index (κ3) is 4.89. The van der Waals surface area contributed by atoms with E-state index in [1.807, 2.05) is 44.2 Å². The summed E-state index contributed by atoms with van der Waals surface area (Å²) in [6.45, 7) is 5.31. The largest absolute Gasteiger partial charge is 0.451 e. The zero-order valence-corrected chi connectivity index (χ0v) is 18.3. The molecule has 8 nitrogen and oxygen atoms in total. The second-order valence-electron chi connectivity index (χ2n) is 8.63. The third-order valence-corrected chi connectivity index (χ3v) is 6.42. The quantitative estimate of drug-likeness (QED) is 0.511. The van der Waals surface area contributed by atoms with Crippen LogP contribution in [-0.4, -0.2) is 53.4 Å². The highest BCUT2D eigenvalue weighted by molar-refractivity contribution is 6.09. The summed E-state index contributed by atoms with van der Waals surface area (Å²) in [5, 5.41) is 5.57. The van der Waals surface area contributed by atoms with Crippen LogP contribution in [0.3, 0.4) is 0 Å². The summed E-state index contributed by atoms with van der Waals surface area (Å²) < 4.78 is 5.19. The second kappa shape index (κ2) is 9.49. The van der Waals surface area contributed by atoms with Crippen molar-refractivity contribution in [2.24, 2.45) is 5.92 Å². The first-order chi connectivity index (χ1) is 14.7. The SMILES string of the molecule is C[C@H](OC(=O)CN1C(=O)N[C@]2(CCCC[C@H]2C)C1=O)C(=O)NC[C@@H](C)c1ccccc1. The van der Waals surface area contributed by atoms with Crippen molar-refractivity contribution >= 4 is 23.8 Å². The Labute approximate surface area is 182 Å². The van der Waals surface area contributed by atoms with Gasteiger partial charge in [-0.1, -0.05) is 57.0 Å². The number of imide groups is 1. The predicted molar refractivity (Wildman–Crippen MR) is 114 cm³/mol. The average Bonchev–Trinajstić information content (AvgIpc) is 2.99. The topological polar surface area (TPSA) is 105 Å². The normalized spacial score (nSPS) is 25.1. The fourth-order valence-electron chi connectivity index (χ4n) is 4.35. The van der Waals surface area contributed by atoms with Crippen LogP contribution in [-0.2, 0) is 19.1 Å². The van der Waals surface area contributed by atoms with Crippen molar-refractivity contribution in [3.63, 3.8) is 0 Å². The third-order valence-electron chi connectivity index (χ3n) is 6.42. The summed E-state index contributed by atoms with van der Waals surface area (Å²) in [6.07, 6.45) is 2.27. The predicted octanol–water partition coefficient (Wildman–Crippen LogP) is 2.34. The molecule has 4 atom stereocenters. The van der Waals surface area contributed by atoms with Gasteiger partial charge in [-0.05, 0) is 37.2 Å². The maximum Gasteiger partial charge on any atom is 0.327 e. The highest BCUT2D eigenvalue weighted by Gasteiger charge is 2.55. The maximum absolute atomic E-state index is 12.9. The molecule has 1 aliphatic heterocycles. The van der Waals surface area contributed by atoms with Crippen molar-refractivity contribution in [3.05, 3.63) is 35.9 Å². The van der Waals surface area contributed by atoms with Gasteiger partial charge in [0.2, 0.25) is 0 Å². The van der Waals surface area contributed by atoms with E-state index in [0.717, 1.165) is 29.7 Å². The number of rotatable bonds is 7. The molecular formula is C23H31N3O5. The lowest BCUT2D eigenvalue weighted by Gasteiger charge is -2.36. The van der Waals surface area contributed by atoms with E-state index in [2.05, 4.69) is 10.6 Å². The number of nitrogens with one attached hydrogen (secondary N) is 2. The van der Waals surface area contributed by atoms with E-state index in [-0.39, 0.29) is 17.7 Å². The van der Waals surface area contributed by atoms with Crippen molar-refractivity contribution < 1.29 is 23.9 Å². The van der Waals surface area contributed by atoms with Gasteiger partial charge in [0.1, 0.15) is 12.1 Å². The zero-order chi connectivity index (χ0) is 22.6. The number of amides is 4. The minimum atomic E-state index is -1.03. The van der Waals surface area contributed by atoms with Crippen molar-refractivity contribution in [2.75, 3.05) is 13.1 Å². The van der Waals surface area contributed by atoms with Crippen LogP contribution >= 0.6 is 0 Å². The summed E-state index contributed by atoms with van der Waals surface area (Å²) in [4.78, 5) is 50.9. The molecule has 0 unspecified atom stereocenters. The number of esters is 1. The van der Waals surface area contributed by atoms with Crippen LogP contribution < -0.4 is 10.6 Å². The Morgan fingerprint density at radius 2 is 1.94 bits per heavy atom. The summed E-state index contributed by atoms with van der Waals surface area (Å²) in [5.74, 6) is -1.48. The van der Waals surface area contributed by atoms with Crippen molar-refractivity contribution in [3.8, 4) is 0 Å². The number of ether oxygens (including phenoxy) is 1. The molecule has 1 saturated heterocycles. The minimum Gasteiger partial charge on any atom is -0.451 e. The molecule has 0 bridgehead atoms. The van der Waals surface area contributed by atoms with Crippen LogP contribution in [0, 0.1) is 5.92 Å². The summed E-state index contributed by atoms with van der Waals surface area (Å²) >= 11 is 0. The van der Waals surface area contributed by atoms with Crippen LogP contribution in [0.5, 0.6) is 0 Å². The van der Waals surface area contributed by atoms with Gasteiger partial charge in [0.05, 0.1) is 0 Å². The first-order valence-corrected chi connectivity index (χ1v) is 10.9. The highest BCUT2D eigenvalue weighted by Crippen LogP contribution is 2.38. The lowest BCUT2D eigenvalue weighted by atomic mass is 9.73. The molecule has 2 fully saturated rings. The number of hydrogen-bond acceptors (Lipinski definition) is 5. The number of carbonyl (C=O) groups excluding carboxylic acids is 4. The van der Waals surface area contributed by atoms with E-state index in [9.17, 15) is 19.2 Å². The Morgan fingerprint density at radius 3 is 2.61 bits per heavy atom. The van der Waals surface area contributed by atoms with Gasteiger partial charge in [-0.3, -0.25) is 19.3 Å². The van der Waals surface area contributed by atoms with Gasteiger partial charge >= 0.3 is 12.0 Å². The molecular weight excluding hydrogens is 398 g/mol. The maximum atomic E-state index is 12.9. The number of benzene rings is 1. The molecule has 1 spiro atoms. The molecule has 1 aromatic rings. The molecule has 3 rings (SSSR count). The molecule has 1 saturated carbocycles. The fraction of sp³-hybridized carbons (Fsp3) is 0.565. The highest BCUT2D eigenvalue weighted by atomic mass is 16.5. The Morgan fingerprint density at radius 1 is 1.23 bits per heavy atom. The van der Waals surface area contributed by atoms with Crippen molar-refractivity contribution in [1.82, 2.24) is 15.5 Å². The number of urea groups is 1. The lowest BCUT2D eigenvalue weighted by Crippen LogP contribution is -2.54. The monoisotopic (exact) mass is 429 g/mol. The molecule has 8 heteroatoms. The van der Waals surface area contributed by atoms with Gasteiger partial charge in [0.25, 0.3) is 11.8 Å². The van der Waals surface area contributed by atoms with Crippen LogP contribution in [0.4, 0.5) is 4.79 Å². The van der Waals surface area contributed by atoms with E-state index >= 15 is 0 Å². The van der Waals surface area contributed by atoms with Crippen LogP contribution in [0.1, 0.15) is 57.9 Å². The molecule has 1 aliphatic carbocycles. The Kier molecular flexibility index (Phi) is 6.97. The van der Waals surface area contributed by atoms with E-state index in [4.69, 9.17) is 4.74 Å². The number of carbonyl (C=O) groups is 4. The molecule has 0 aromatic heterocycles. The van der Waals surface area contributed by atoms with Gasteiger partial charge in [-0.15, -0.1) is 0 Å². The molecule has 2 N–H and O–H groups in total. The van der Waals surface area contributed by atoms with Crippen LogP contribution in [0.2, 0.25) is 0 Å². The molecule has 31 heavy (non-hydrogen) atoms. The summed E-state index contributed by atoms with van der Waals surface area (Å²) in [5.41, 5.74) is 0.170. The van der Waals surface area contributed by atoms with E-state index in [1.54, 1.807) is 0 Å². The standard InChI is InChI=1S/C23H31N3O5/c1-15(18-10-5-4-6-11-18)13-24-20(28)17(3)31-19(27)14-26-21(29)23(25-22(26)30)12-8-7-9-16(23)2/h4-6,10-11,15-17H,7-9,12-14H2,1-3H3,(H,24,28)(H,25,30)/t15-,16-,17+,23+/m1/s1. The first-order valence-electron chi connectivity index (χ1n) is 10.9. The Bertz CT molecular complexity index is 843. The Balaban J connectivity index is 1.50. The van der Waals surface area contributed by atoms with Gasteiger partial charge in [0, 0.05) is 6.54 Å². The number of nitrogens with zero attached hydrogens (tertiary/aromatic N) is 1. The molecule has 0 radical (unpaired) electrons. The van der Waals surface area contributed by atoms with E-state index in [0.29, 0.717) is 13.0 Å². The smallest absolute Gasteiger partial charge is 0.327 e. The van der Waals surface area contributed by atoms with E-state index in [1.165, 1.54) is 6.92 Å². The number of hydrogen-bond donors (Lipinski definition) is 2. The van der Waals surface area contributed by atoms with Gasteiger partial charge < -0.3 is 15.4 Å². The fourth-order valence-corrected chi connectivity index (χ4v) is 4.35. The average molecular weight is 430 g/mol. The van der Waals surface area contributed by atoms with Crippen molar-refractivity contribution in [1.29, 1.82) is 0 Å². The molecule has 4 amide bonds. The minimum absolute atomic E-state index is 0.00928. The van der Waals surface area contributed by atoms with E-state index < -0.39 is 36.1 Å². The Hall–Kier alpha value is -2.90. The molecule has 2 aliphatic rings. The summed E-state index contributed by atoms with van der Waals surface area (Å²) in [6, 6.07) is 9.19. The molecule has 1 aromatic carbocycles. The van der Waals surface area contributed by atoms with Crippen molar-refractivity contribution in [2.45, 2.75) is 64.0 Å². The second-order valence-corrected chi connectivity index (χ2v) is 8.63. The zero-order valence-electron chi connectivity index (χ0n) is 18.3. The van der Waals surface area contributed by atoms with Gasteiger partial charge in [-0.25, -0.2) is 4.79 Å². The summed E-state index contributed by atoms with van der Waals surface area (Å²) in [7, 11) is 0. The first kappa shape index (κ1) is 22.8.